The number of benzene rings is 1. The summed E-state index contributed by atoms with van der Waals surface area (Å²) in [7, 11) is 1.35. The predicted molar refractivity (Wildman–Crippen MR) is 88.0 cm³/mol. The molecule has 2 rings (SSSR count). The Kier molecular flexibility index (Phi) is 4.59. The molecule has 0 radical (unpaired) electrons. The summed E-state index contributed by atoms with van der Waals surface area (Å²) in [5, 5.41) is 9.14. The Bertz CT molecular complexity index is 774. The third kappa shape index (κ3) is 3.89. The average molecular weight is 334 g/mol. The summed E-state index contributed by atoms with van der Waals surface area (Å²) in [5.41, 5.74) is 5.32. The van der Waals surface area contributed by atoms with Crippen LogP contribution < -0.4 is 15.4 Å². The maximum atomic E-state index is 13.9. The number of carboxylic acid groups (broad SMARTS) is 1. The molecule has 0 saturated heterocycles. The number of amides is 1. The lowest BCUT2D eigenvalue weighted by molar-refractivity contribution is 0.203. The van der Waals surface area contributed by atoms with E-state index in [4.69, 9.17) is 15.6 Å². The van der Waals surface area contributed by atoms with Gasteiger partial charge in [0.15, 0.2) is 11.6 Å². The summed E-state index contributed by atoms with van der Waals surface area (Å²) in [4.78, 5) is 20.6. The largest absolute Gasteiger partial charge is 0.465 e. The molecule has 2 aromatic rings. The van der Waals surface area contributed by atoms with Gasteiger partial charge in [-0.25, -0.2) is 14.2 Å². The molecule has 128 valence electrons. The summed E-state index contributed by atoms with van der Waals surface area (Å²) in [6, 6.07) is 5.34. The van der Waals surface area contributed by atoms with E-state index >= 15 is 0 Å². The number of hydrogen-bond acceptors (Lipinski definition) is 5. The summed E-state index contributed by atoms with van der Waals surface area (Å²) in [6.45, 7) is 5.63. The third-order valence-corrected chi connectivity index (χ3v) is 3.16. The zero-order valence-electron chi connectivity index (χ0n) is 13.9. The van der Waals surface area contributed by atoms with Crippen molar-refractivity contribution in [3.05, 3.63) is 35.9 Å². The molecule has 0 aliphatic rings. The first-order chi connectivity index (χ1) is 11.1. The van der Waals surface area contributed by atoms with Gasteiger partial charge in [0.1, 0.15) is 11.6 Å². The number of hydrogen-bond donors (Lipinski definition) is 2. The van der Waals surface area contributed by atoms with Crippen LogP contribution in [-0.4, -0.2) is 28.2 Å². The number of carbonyl (C=O) groups is 1. The number of nitrogens with two attached hydrogens (primary N) is 1. The quantitative estimate of drug-likeness (QED) is 0.834. The van der Waals surface area contributed by atoms with Gasteiger partial charge >= 0.3 is 6.09 Å². The van der Waals surface area contributed by atoms with Crippen LogP contribution >= 0.6 is 0 Å². The monoisotopic (exact) mass is 334 g/mol. The van der Waals surface area contributed by atoms with Gasteiger partial charge in [-0.2, -0.15) is 4.98 Å². The molecule has 0 unspecified atom stereocenters. The molecule has 0 fully saturated rings. The lowest BCUT2D eigenvalue weighted by atomic mass is 9.96. The first kappa shape index (κ1) is 17.5. The molecule has 8 heteroatoms. The van der Waals surface area contributed by atoms with Crippen molar-refractivity contribution >= 4 is 17.6 Å². The van der Waals surface area contributed by atoms with Gasteiger partial charge in [-0.15, -0.1) is 0 Å². The van der Waals surface area contributed by atoms with Crippen LogP contribution in [0.5, 0.6) is 11.6 Å². The van der Waals surface area contributed by atoms with E-state index in [1.165, 1.54) is 25.2 Å². The minimum Gasteiger partial charge on any atom is -0.465 e. The average Bonchev–Trinajstić information content (AvgIpc) is 2.48. The molecule has 24 heavy (non-hydrogen) atoms. The molecule has 0 bridgehead atoms. The highest BCUT2D eigenvalue weighted by Crippen LogP contribution is 2.29. The second-order valence-electron chi connectivity index (χ2n) is 6.27. The molecule has 0 aliphatic carbocycles. The smallest absolute Gasteiger partial charge is 0.412 e. The SMILES string of the molecule is CN(C(=O)O)c1cc(Oc2ccc(N)cc2F)nc(C(C)(C)C)n1. The van der Waals surface area contributed by atoms with Crippen LogP contribution in [0.3, 0.4) is 0 Å². The Hall–Kier alpha value is -2.90. The molecule has 7 nitrogen and oxygen atoms in total. The van der Waals surface area contributed by atoms with Crippen molar-refractivity contribution in [3.63, 3.8) is 0 Å². The molecular formula is C16H19FN4O3. The fourth-order valence-corrected chi connectivity index (χ4v) is 1.78. The second-order valence-corrected chi connectivity index (χ2v) is 6.27. The lowest BCUT2D eigenvalue weighted by Crippen LogP contribution is -2.27. The van der Waals surface area contributed by atoms with Crippen LogP contribution in [0.2, 0.25) is 0 Å². The molecule has 0 spiro atoms. The van der Waals surface area contributed by atoms with Crippen LogP contribution in [-0.2, 0) is 5.41 Å². The van der Waals surface area contributed by atoms with Crippen molar-refractivity contribution < 1.29 is 19.0 Å². The number of halogens is 1. The maximum Gasteiger partial charge on any atom is 0.412 e. The molecule has 1 aromatic heterocycles. The normalized spacial score (nSPS) is 11.2. The van der Waals surface area contributed by atoms with Crippen molar-refractivity contribution in [1.82, 2.24) is 9.97 Å². The Morgan fingerprint density at radius 2 is 1.96 bits per heavy atom. The molecule has 0 aliphatic heterocycles. The number of rotatable bonds is 3. The van der Waals surface area contributed by atoms with Gasteiger partial charge in [0.2, 0.25) is 5.88 Å². The van der Waals surface area contributed by atoms with Crippen LogP contribution in [0.15, 0.2) is 24.3 Å². The first-order valence-electron chi connectivity index (χ1n) is 7.17. The summed E-state index contributed by atoms with van der Waals surface area (Å²) in [5.74, 6) is -0.153. The van der Waals surface area contributed by atoms with E-state index in [-0.39, 0.29) is 23.1 Å². The highest BCUT2D eigenvalue weighted by Gasteiger charge is 2.22. The number of anilines is 2. The van der Waals surface area contributed by atoms with Crippen LogP contribution in [0.1, 0.15) is 26.6 Å². The number of ether oxygens (including phenoxy) is 1. The van der Waals surface area contributed by atoms with Gasteiger partial charge < -0.3 is 15.6 Å². The van der Waals surface area contributed by atoms with Crippen molar-refractivity contribution in [2.45, 2.75) is 26.2 Å². The van der Waals surface area contributed by atoms with Crippen LogP contribution in [0, 0.1) is 5.82 Å². The Balaban J connectivity index is 2.48. The van der Waals surface area contributed by atoms with Gasteiger partial charge in [-0.3, -0.25) is 4.90 Å². The molecule has 1 amide bonds. The molecule has 1 aromatic carbocycles. The zero-order valence-corrected chi connectivity index (χ0v) is 13.9. The third-order valence-electron chi connectivity index (χ3n) is 3.16. The Labute approximate surface area is 138 Å². The molecule has 0 saturated carbocycles. The minimum atomic E-state index is -1.18. The van der Waals surface area contributed by atoms with Crippen LogP contribution in [0.4, 0.5) is 20.7 Å². The van der Waals surface area contributed by atoms with Gasteiger partial charge in [0.05, 0.1) is 0 Å². The Morgan fingerprint density at radius 1 is 1.29 bits per heavy atom. The van der Waals surface area contributed by atoms with Crippen LogP contribution in [0.25, 0.3) is 0 Å². The predicted octanol–water partition coefficient (Wildman–Crippen LogP) is 3.40. The zero-order chi connectivity index (χ0) is 18.1. The Morgan fingerprint density at radius 3 is 2.50 bits per heavy atom. The van der Waals surface area contributed by atoms with E-state index in [0.29, 0.717) is 5.82 Å². The van der Waals surface area contributed by atoms with Gasteiger partial charge in [-0.1, -0.05) is 20.8 Å². The standard InChI is InChI=1S/C16H19FN4O3/c1-16(2,3)14-19-12(21(4)15(22)23)8-13(20-14)24-11-6-5-9(18)7-10(11)17/h5-8H,18H2,1-4H3,(H,22,23). The van der Waals surface area contributed by atoms with E-state index in [2.05, 4.69) is 9.97 Å². The molecule has 3 N–H and O–H groups in total. The fourth-order valence-electron chi connectivity index (χ4n) is 1.78. The fraction of sp³-hybridized carbons (Fsp3) is 0.312. The summed E-state index contributed by atoms with van der Waals surface area (Å²) in [6.07, 6.45) is -1.18. The molecule has 0 atom stereocenters. The second kappa shape index (κ2) is 6.31. The van der Waals surface area contributed by atoms with Gasteiger partial charge in [0, 0.05) is 30.3 Å². The molecular weight excluding hydrogens is 315 g/mol. The van der Waals surface area contributed by atoms with E-state index < -0.39 is 17.3 Å². The number of nitrogens with zero attached hydrogens (tertiary/aromatic N) is 3. The van der Waals surface area contributed by atoms with E-state index in [1.54, 1.807) is 0 Å². The van der Waals surface area contributed by atoms with Crippen molar-refractivity contribution in [1.29, 1.82) is 0 Å². The lowest BCUT2D eigenvalue weighted by Gasteiger charge is -2.20. The first-order valence-corrected chi connectivity index (χ1v) is 7.17. The van der Waals surface area contributed by atoms with E-state index in [9.17, 15) is 9.18 Å². The van der Waals surface area contributed by atoms with Crippen molar-refractivity contribution in [3.8, 4) is 11.6 Å². The van der Waals surface area contributed by atoms with E-state index in [1.807, 2.05) is 20.8 Å². The topological polar surface area (TPSA) is 102 Å². The number of aromatic nitrogens is 2. The highest BCUT2D eigenvalue weighted by atomic mass is 19.1. The number of nitrogen functional groups attached to an aromatic ring is 1. The summed E-state index contributed by atoms with van der Waals surface area (Å²) < 4.78 is 19.4. The maximum absolute atomic E-state index is 13.9. The van der Waals surface area contributed by atoms with E-state index in [0.717, 1.165) is 11.0 Å². The highest BCUT2D eigenvalue weighted by molar-refractivity contribution is 5.84. The van der Waals surface area contributed by atoms with Crippen molar-refractivity contribution in [2.24, 2.45) is 0 Å². The summed E-state index contributed by atoms with van der Waals surface area (Å²) >= 11 is 0. The van der Waals surface area contributed by atoms with Crippen molar-refractivity contribution in [2.75, 3.05) is 17.7 Å². The minimum absolute atomic E-state index is 0.0432. The van der Waals surface area contributed by atoms with Gasteiger partial charge in [-0.05, 0) is 12.1 Å². The van der Waals surface area contributed by atoms with Gasteiger partial charge in [0.25, 0.3) is 0 Å². The molecule has 1 heterocycles.